The van der Waals surface area contributed by atoms with E-state index in [1.54, 1.807) is 56.6 Å². The number of rotatable bonds is 5. The predicted octanol–water partition coefficient (Wildman–Crippen LogP) is 3.10. The Hall–Kier alpha value is -4.08. The van der Waals surface area contributed by atoms with Crippen molar-refractivity contribution in [3.8, 4) is 11.4 Å². The molecule has 0 saturated carbocycles. The smallest absolute Gasteiger partial charge is 0.338 e. The summed E-state index contributed by atoms with van der Waals surface area (Å²) >= 11 is 0. The molecule has 0 bridgehead atoms. The second-order valence-electron chi connectivity index (χ2n) is 6.55. The monoisotopic (exact) mass is 406 g/mol. The number of esters is 1. The predicted molar refractivity (Wildman–Crippen MR) is 107 cm³/mol. The van der Waals surface area contributed by atoms with Crippen LogP contribution < -0.4 is 5.32 Å². The average molecular weight is 406 g/mol. The van der Waals surface area contributed by atoms with Gasteiger partial charge in [0.05, 0.1) is 22.7 Å². The molecule has 0 radical (unpaired) electrons. The summed E-state index contributed by atoms with van der Waals surface area (Å²) in [6.07, 6.45) is 3.26. The van der Waals surface area contributed by atoms with Crippen LogP contribution in [0.15, 0.2) is 60.1 Å². The van der Waals surface area contributed by atoms with Crippen LogP contribution in [0.2, 0.25) is 0 Å². The number of nitro groups is 1. The number of ether oxygens (including phenoxy) is 1. The van der Waals surface area contributed by atoms with E-state index in [-0.39, 0.29) is 17.9 Å². The van der Waals surface area contributed by atoms with Gasteiger partial charge in [-0.1, -0.05) is 12.1 Å². The molecule has 10 nitrogen and oxygen atoms in total. The molecule has 1 aliphatic rings. The van der Waals surface area contributed by atoms with Crippen LogP contribution >= 0.6 is 0 Å². The molecular formula is C20H18N6O4. The van der Waals surface area contributed by atoms with Gasteiger partial charge in [0.1, 0.15) is 6.04 Å². The highest BCUT2D eigenvalue weighted by molar-refractivity contribution is 5.92. The number of para-hydroxylation sites is 1. The molecule has 0 aliphatic carbocycles. The molecule has 0 spiro atoms. The summed E-state index contributed by atoms with van der Waals surface area (Å²) in [6, 6.07) is 8.95. The molecule has 0 fully saturated rings. The van der Waals surface area contributed by atoms with E-state index in [0.29, 0.717) is 28.6 Å². The Kier molecular flexibility index (Phi) is 4.97. The van der Waals surface area contributed by atoms with Gasteiger partial charge >= 0.3 is 5.97 Å². The lowest BCUT2D eigenvalue weighted by atomic mass is 9.94. The minimum Gasteiger partial charge on any atom is -0.463 e. The lowest BCUT2D eigenvalue weighted by molar-refractivity contribution is -0.385. The molecule has 1 atom stereocenters. The van der Waals surface area contributed by atoms with E-state index in [4.69, 9.17) is 4.74 Å². The average Bonchev–Trinajstić information content (AvgIpc) is 3.17. The Morgan fingerprint density at radius 3 is 2.80 bits per heavy atom. The number of nitro benzene ring substituents is 1. The SMILES string of the molecule is CCOC(=O)C1=C(C)Nc2nc(-c3cccnc3)nn2C1c1ccccc1[N+](=O)[O-]. The van der Waals surface area contributed by atoms with Crippen LogP contribution in [-0.4, -0.2) is 37.2 Å². The van der Waals surface area contributed by atoms with Crippen molar-refractivity contribution >= 4 is 17.6 Å². The van der Waals surface area contributed by atoms with Crippen LogP contribution in [0.5, 0.6) is 0 Å². The van der Waals surface area contributed by atoms with E-state index in [1.807, 2.05) is 0 Å². The molecule has 30 heavy (non-hydrogen) atoms. The number of carbonyl (C=O) groups excluding carboxylic acids is 1. The van der Waals surface area contributed by atoms with Gasteiger partial charge in [0.15, 0.2) is 5.82 Å². The summed E-state index contributed by atoms with van der Waals surface area (Å²) < 4.78 is 6.71. The maximum absolute atomic E-state index is 12.8. The fraction of sp³-hybridized carbons (Fsp3) is 0.200. The highest BCUT2D eigenvalue weighted by atomic mass is 16.6. The largest absolute Gasteiger partial charge is 0.463 e. The standard InChI is InChI=1S/C20H18N6O4/c1-3-30-19(27)16-12(2)22-20-23-18(13-7-6-10-21-11-13)24-25(20)17(16)14-8-4-5-9-15(14)26(28)29/h4-11,17H,3H2,1-2H3,(H,22,23,24). The summed E-state index contributed by atoms with van der Waals surface area (Å²) in [7, 11) is 0. The van der Waals surface area contributed by atoms with Crippen LogP contribution in [-0.2, 0) is 9.53 Å². The molecule has 4 rings (SSSR count). The van der Waals surface area contributed by atoms with Crippen molar-refractivity contribution in [2.75, 3.05) is 11.9 Å². The molecule has 0 amide bonds. The van der Waals surface area contributed by atoms with Gasteiger partial charge in [-0.3, -0.25) is 15.1 Å². The molecular weight excluding hydrogens is 388 g/mol. The Bertz CT molecular complexity index is 1160. The lowest BCUT2D eigenvalue weighted by Crippen LogP contribution is -2.30. The van der Waals surface area contributed by atoms with Gasteiger partial charge in [0, 0.05) is 29.7 Å². The number of carbonyl (C=O) groups is 1. The maximum Gasteiger partial charge on any atom is 0.338 e. The van der Waals surface area contributed by atoms with E-state index in [9.17, 15) is 14.9 Å². The van der Waals surface area contributed by atoms with Gasteiger partial charge in [-0.25, -0.2) is 9.48 Å². The fourth-order valence-corrected chi connectivity index (χ4v) is 3.41. The molecule has 3 heterocycles. The van der Waals surface area contributed by atoms with Crippen LogP contribution in [0, 0.1) is 10.1 Å². The Morgan fingerprint density at radius 2 is 2.10 bits per heavy atom. The number of allylic oxidation sites excluding steroid dienone is 1. The van der Waals surface area contributed by atoms with Gasteiger partial charge in [-0.05, 0) is 32.0 Å². The Labute approximate surface area is 171 Å². The quantitative estimate of drug-likeness (QED) is 0.389. The number of hydrogen-bond donors (Lipinski definition) is 1. The van der Waals surface area contributed by atoms with Crippen molar-refractivity contribution in [2.24, 2.45) is 0 Å². The number of nitrogens with one attached hydrogen (secondary N) is 1. The molecule has 1 unspecified atom stereocenters. The van der Waals surface area contributed by atoms with Gasteiger partial charge in [-0.2, -0.15) is 4.98 Å². The minimum atomic E-state index is -0.875. The van der Waals surface area contributed by atoms with Gasteiger partial charge in [0.25, 0.3) is 5.69 Å². The molecule has 152 valence electrons. The zero-order chi connectivity index (χ0) is 21.3. The van der Waals surface area contributed by atoms with E-state index in [0.717, 1.165) is 0 Å². The number of fused-ring (bicyclic) bond motifs is 1. The third-order valence-corrected chi connectivity index (χ3v) is 4.70. The van der Waals surface area contributed by atoms with Crippen molar-refractivity contribution in [3.63, 3.8) is 0 Å². The van der Waals surface area contributed by atoms with Gasteiger partial charge < -0.3 is 10.1 Å². The zero-order valence-electron chi connectivity index (χ0n) is 16.3. The topological polar surface area (TPSA) is 125 Å². The molecule has 1 aliphatic heterocycles. The number of anilines is 1. The van der Waals surface area contributed by atoms with Crippen LogP contribution in [0.1, 0.15) is 25.5 Å². The molecule has 1 aromatic carbocycles. The highest BCUT2D eigenvalue weighted by Gasteiger charge is 2.38. The summed E-state index contributed by atoms with van der Waals surface area (Å²) in [4.78, 5) is 32.6. The first-order chi connectivity index (χ1) is 14.5. The minimum absolute atomic E-state index is 0.122. The number of hydrogen-bond acceptors (Lipinski definition) is 8. The van der Waals surface area contributed by atoms with Gasteiger partial charge in [0.2, 0.25) is 5.95 Å². The third kappa shape index (κ3) is 3.28. The zero-order valence-corrected chi connectivity index (χ0v) is 16.3. The summed E-state index contributed by atoms with van der Waals surface area (Å²) in [5.74, 6) is 0.171. The van der Waals surface area contributed by atoms with Crippen molar-refractivity contribution in [3.05, 3.63) is 75.7 Å². The first-order valence-corrected chi connectivity index (χ1v) is 9.26. The molecule has 0 saturated heterocycles. The van der Waals surface area contributed by atoms with Crippen LogP contribution in [0.3, 0.4) is 0 Å². The number of benzene rings is 1. The maximum atomic E-state index is 12.8. The second kappa shape index (κ2) is 7.74. The van der Waals surface area contributed by atoms with Crippen LogP contribution in [0.4, 0.5) is 11.6 Å². The first-order valence-electron chi connectivity index (χ1n) is 9.26. The highest BCUT2D eigenvalue weighted by Crippen LogP contribution is 2.39. The molecule has 10 heteroatoms. The number of pyridine rings is 1. The second-order valence-corrected chi connectivity index (χ2v) is 6.55. The summed E-state index contributed by atoms with van der Waals surface area (Å²) in [6.45, 7) is 3.58. The number of aromatic nitrogens is 4. The van der Waals surface area contributed by atoms with E-state index in [2.05, 4.69) is 20.4 Å². The molecule has 1 N–H and O–H groups in total. The third-order valence-electron chi connectivity index (χ3n) is 4.70. The lowest BCUT2D eigenvalue weighted by Gasteiger charge is -2.27. The van der Waals surface area contributed by atoms with E-state index < -0.39 is 16.9 Å². The Morgan fingerprint density at radius 1 is 1.30 bits per heavy atom. The van der Waals surface area contributed by atoms with E-state index >= 15 is 0 Å². The first kappa shape index (κ1) is 19.2. The number of nitrogens with zero attached hydrogens (tertiary/aromatic N) is 5. The van der Waals surface area contributed by atoms with Crippen LogP contribution in [0.25, 0.3) is 11.4 Å². The fourth-order valence-electron chi connectivity index (χ4n) is 3.41. The van der Waals surface area contributed by atoms with Crippen molar-refractivity contribution in [2.45, 2.75) is 19.9 Å². The summed E-state index contributed by atoms with van der Waals surface area (Å²) in [5.41, 5.74) is 1.60. The summed E-state index contributed by atoms with van der Waals surface area (Å²) in [5, 5.41) is 19.3. The molecule has 2 aromatic heterocycles. The van der Waals surface area contributed by atoms with E-state index in [1.165, 1.54) is 10.7 Å². The van der Waals surface area contributed by atoms with Gasteiger partial charge in [-0.15, -0.1) is 5.10 Å². The Balaban J connectivity index is 1.93. The van der Waals surface area contributed by atoms with Crippen molar-refractivity contribution in [1.82, 2.24) is 19.7 Å². The molecule has 3 aromatic rings. The van der Waals surface area contributed by atoms with Crippen molar-refractivity contribution < 1.29 is 14.5 Å². The van der Waals surface area contributed by atoms with Crippen molar-refractivity contribution in [1.29, 1.82) is 0 Å². The normalized spacial score (nSPS) is 15.3.